The molecule has 4 rings (SSSR count). The average Bonchev–Trinajstić information content (AvgIpc) is 3.21. The Morgan fingerprint density at radius 2 is 2.07 bits per heavy atom. The summed E-state index contributed by atoms with van der Waals surface area (Å²) in [6, 6.07) is 6.87. The highest BCUT2D eigenvalue weighted by Crippen LogP contribution is 2.38. The van der Waals surface area contributed by atoms with Crippen LogP contribution in [0.3, 0.4) is 0 Å². The van der Waals surface area contributed by atoms with Crippen molar-refractivity contribution in [1.82, 2.24) is 19.5 Å². The Balaban J connectivity index is 1.66. The van der Waals surface area contributed by atoms with Gasteiger partial charge in [-0.3, -0.25) is 4.79 Å². The van der Waals surface area contributed by atoms with E-state index >= 15 is 0 Å². The molecule has 8 nitrogen and oxygen atoms in total. The van der Waals surface area contributed by atoms with Crippen molar-refractivity contribution >= 4 is 46.0 Å². The summed E-state index contributed by atoms with van der Waals surface area (Å²) in [5.74, 6) is -0.361. The summed E-state index contributed by atoms with van der Waals surface area (Å²) < 4.78 is 1.64. The van der Waals surface area contributed by atoms with E-state index in [0.717, 1.165) is 5.56 Å². The van der Waals surface area contributed by atoms with Gasteiger partial charge in [0.05, 0.1) is 18.5 Å². The van der Waals surface area contributed by atoms with Crippen molar-refractivity contribution in [3.8, 4) is 0 Å². The molecule has 152 valence electrons. The van der Waals surface area contributed by atoms with Gasteiger partial charge < -0.3 is 20.1 Å². The predicted octanol–water partition coefficient (Wildman–Crippen LogP) is 2.62. The van der Waals surface area contributed by atoms with Gasteiger partial charge in [-0.1, -0.05) is 23.7 Å². The standard InChI is InChI=1S/C19H19Cl2N5O3/c1-9(27)12-6-13(16(29)15(12)28)26-8-23-14-17(24-19(21)25-18(14)26)22-7-10-3-2-4-11(20)5-10/h2-5,8,12-13,15-16,28-29H,6-7H2,1H3,(H,22,24,25)/t12-,13-,15?,16+/m1/s1. The Bertz CT molecular complexity index is 1070. The molecule has 1 saturated carbocycles. The number of hydrogen-bond acceptors (Lipinski definition) is 7. The van der Waals surface area contributed by atoms with Crippen LogP contribution in [0.15, 0.2) is 30.6 Å². The molecule has 0 aliphatic heterocycles. The van der Waals surface area contributed by atoms with Gasteiger partial charge in [0, 0.05) is 17.5 Å². The SMILES string of the molecule is CC(=O)[C@H]1C[C@@H](n2cnc3c(NCc4cccc(Cl)c4)nc(Cl)nc32)[C@H](O)C1O. The minimum Gasteiger partial charge on any atom is -0.390 e. The van der Waals surface area contributed by atoms with Crippen LogP contribution >= 0.6 is 23.2 Å². The number of halogens is 2. The maximum absolute atomic E-state index is 11.8. The Morgan fingerprint density at radius 3 is 2.76 bits per heavy atom. The first kappa shape index (κ1) is 20.0. The molecule has 2 heterocycles. The number of rotatable bonds is 5. The minimum atomic E-state index is -1.13. The van der Waals surface area contributed by atoms with Crippen molar-refractivity contribution in [3.63, 3.8) is 0 Å². The highest BCUT2D eigenvalue weighted by atomic mass is 35.5. The number of aliphatic hydroxyl groups is 2. The highest BCUT2D eigenvalue weighted by Gasteiger charge is 2.45. The summed E-state index contributed by atoms with van der Waals surface area (Å²) in [7, 11) is 0. The van der Waals surface area contributed by atoms with Crippen LogP contribution in [-0.4, -0.2) is 47.7 Å². The van der Waals surface area contributed by atoms with Crippen molar-refractivity contribution in [3.05, 3.63) is 46.5 Å². The molecule has 0 amide bonds. The van der Waals surface area contributed by atoms with Crippen LogP contribution in [0, 0.1) is 5.92 Å². The van der Waals surface area contributed by atoms with Gasteiger partial charge in [0.1, 0.15) is 11.9 Å². The van der Waals surface area contributed by atoms with Crippen molar-refractivity contribution in [2.24, 2.45) is 5.92 Å². The zero-order valence-corrected chi connectivity index (χ0v) is 17.0. The van der Waals surface area contributed by atoms with E-state index in [1.807, 2.05) is 18.2 Å². The van der Waals surface area contributed by atoms with Crippen molar-refractivity contribution in [2.45, 2.75) is 38.1 Å². The third-order valence-electron chi connectivity index (χ3n) is 5.27. The zero-order chi connectivity index (χ0) is 20.7. The fourth-order valence-corrected chi connectivity index (χ4v) is 4.16. The third kappa shape index (κ3) is 3.81. The molecule has 10 heteroatoms. The number of hydrogen-bond donors (Lipinski definition) is 3. The van der Waals surface area contributed by atoms with Gasteiger partial charge in [-0.15, -0.1) is 0 Å². The van der Waals surface area contributed by atoms with Crippen LogP contribution in [0.25, 0.3) is 11.2 Å². The number of carbonyl (C=O) groups excluding carboxylic acids is 1. The molecule has 0 spiro atoms. The number of anilines is 1. The Hall–Kier alpha value is -2.26. The molecular weight excluding hydrogens is 417 g/mol. The monoisotopic (exact) mass is 435 g/mol. The molecule has 0 radical (unpaired) electrons. The second kappa shape index (κ2) is 7.87. The summed E-state index contributed by atoms with van der Waals surface area (Å²) >= 11 is 12.1. The van der Waals surface area contributed by atoms with Gasteiger partial charge in [0.2, 0.25) is 5.28 Å². The van der Waals surface area contributed by atoms with Crippen LogP contribution in [0.1, 0.15) is 24.9 Å². The molecule has 1 unspecified atom stereocenters. The van der Waals surface area contributed by atoms with E-state index in [1.54, 1.807) is 10.6 Å². The maximum atomic E-state index is 11.8. The van der Waals surface area contributed by atoms with Crippen LogP contribution in [-0.2, 0) is 11.3 Å². The van der Waals surface area contributed by atoms with E-state index in [-0.39, 0.29) is 17.5 Å². The third-order valence-corrected chi connectivity index (χ3v) is 5.68. The van der Waals surface area contributed by atoms with Crippen LogP contribution in [0.4, 0.5) is 5.82 Å². The molecule has 1 fully saturated rings. The molecule has 3 aromatic rings. The van der Waals surface area contributed by atoms with E-state index in [2.05, 4.69) is 20.3 Å². The number of aliphatic hydroxyl groups excluding tert-OH is 2. The van der Waals surface area contributed by atoms with Crippen molar-refractivity contribution < 1.29 is 15.0 Å². The number of imidazole rings is 1. The van der Waals surface area contributed by atoms with Gasteiger partial charge in [-0.05, 0) is 42.6 Å². The molecule has 1 aliphatic carbocycles. The minimum absolute atomic E-state index is 0.0176. The lowest BCUT2D eigenvalue weighted by molar-refractivity contribution is -0.124. The number of nitrogens with zero attached hydrogens (tertiary/aromatic N) is 4. The summed E-state index contributed by atoms with van der Waals surface area (Å²) in [6.07, 6.45) is -0.440. The fourth-order valence-electron chi connectivity index (χ4n) is 3.78. The van der Waals surface area contributed by atoms with Crippen LogP contribution in [0.5, 0.6) is 0 Å². The lowest BCUT2D eigenvalue weighted by atomic mass is 10.0. The number of ketones is 1. The topological polar surface area (TPSA) is 113 Å². The number of carbonyl (C=O) groups is 1. The molecule has 29 heavy (non-hydrogen) atoms. The Kier molecular flexibility index (Phi) is 5.44. The smallest absolute Gasteiger partial charge is 0.226 e. The Labute approximate surface area is 176 Å². The molecule has 0 saturated heterocycles. The first-order valence-electron chi connectivity index (χ1n) is 9.10. The quantitative estimate of drug-likeness (QED) is 0.527. The fraction of sp³-hybridized carbons (Fsp3) is 0.368. The second-order valence-electron chi connectivity index (χ2n) is 7.15. The summed E-state index contributed by atoms with van der Waals surface area (Å²) in [4.78, 5) is 24.6. The largest absolute Gasteiger partial charge is 0.390 e. The van der Waals surface area contributed by atoms with Crippen LogP contribution in [0.2, 0.25) is 10.3 Å². The summed E-state index contributed by atoms with van der Waals surface area (Å²) in [5, 5.41) is 24.5. The maximum Gasteiger partial charge on any atom is 0.226 e. The van der Waals surface area contributed by atoms with E-state index in [1.165, 1.54) is 13.3 Å². The number of nitrogens with one attached hydrogen (secondary N) is 1. The number of Topliss-reactive ketones (excluding diaryl/α,β-unsaturated/α-hetero) is 1. The molecule has 3 N–H and O–H groups in total. The normalized spacial score (nSPS) is 24.2. The summed E-state index contributed by atoms with van der Waals surface area (Å²) in [6.45, 7) is 1.86. The highest BCUT2D eigenvalue weighted by molar-refractivity contribution is 6.30. The number of benzene rings is 1. The van der Waals surface area contributed by atoms with Gasteiger partial charge in [-0.2, -0.15) is 9.97 Å². The lowest BCUT2D eigenvalue weighted by Crippen LogP contribution is -2.31. The predicted molar refractivity (Wildman–Crippen MR) is 109 cm³/mol. The van der Waals surface area contributed by atoms with E-state index in [4.69, 9.17) is 23.2 Å². The van der Waals surface area contributed by atoms with E-state index in [9.17, 15) is 15.0 Å². The van der Waals surface area contributed by atoms with Gasteiger partial charge >= 0.3 is 0 Å². The molecule has 4 atom stereocenters. The molecule has 0 bridgehead atoms. The first-order valence-corrected chi connectivity index (χ1v) is 9.85. The first-order chi connectivity index (χ1) is 13.8. The molecule has 1 aliphatic rings. The summed E-state index contributed by atoms with van der Waals surface area (Å²) in [5.41, 5.74) is 1.85. The second-order valence-corrected chi connectivity index (χ2v) is 7.92. The number of aromatic nitrogens is 4. The number of fused-ring (bicyclic) bond motifs is 1. The Morgan fingerprint density at radius 1 is 1.28 bits per heavy atom. The molecular formula is C19H19Cl2N5O3. The zero-order valence-electron chi connectivity index (χ0n) is 15.5. The van der Waals surface area contributed by atoms with Crippen molar-refractivity contribution in [2.75, 3.05) is 5.32 Å². The molecule has 1 aromatic carbocycles. The lowest BCUT2D eigenvalue weighted by Gasteiger charge is -2.18. The average molecular weight is 436 g/mol. The van der Waals surface area contributed by atoms with Gasteiger partial charge in [0.25, 0.3) is 0 Å². The molecule has 2 aromatic heterocycles. The van der Waals surface area contributed by atoms with E-state index in [0.29, 0.717) is 28.5 Å². The van der Waals surface area contributed by atoms with Crippen molar-refractivity contribution in [1.29, 1.82) is 0 Å². The van der Waals surface area contributed by atoms with Gasteiger partial charge in [0.15, 0.2) is 17.0 Å². The van der Waals surface area contributed by atoms with Crippen LogP contribution < -0.4 is 5.32 Å². The van der Waals surface area contributed by atoms with E-state index < -0.39 is 24.2 Å². The van der Waals surface area contributed by atoms with Gasteiger partial charge in [-0.25, -0.2) is 4.98 Å².